The maximum absolute atomic E-state index is 9.22. The first-order chi connectivity index (χ1) is 6.09. The third-order valence-electron chi connectivity index (χ3n) is 2.00. The number of thiazole rings is 1. The number of hydrogen-bond donors (Lipinski definition) is 2. The number of nitrogens with one attached hydrogen (secondary N) is 1. The summed E-state index contributed by atoms with van der Waals surface area (Å²) >= 11 is 1.65. The number of rotatable bonds is 4. The molecule has 0 saturated carbocycles. The molecule has 1 heterocycles. The summed E-state index contributed by atoms with van der Waals surface area (Å²) in [6.45, 7) is 6.47. The van der Waals surface area contributed by atoms with E-state index in [0.29, 0.717) is 0 Å². The molecule has 1 rings (SSSR count). The van der Waals surface area contributed by atoms with Crippen LogP contribution in [0.2, 0.25) is 0 Å². The Hall–Kier alpha value is -0.450. The predicted molar refractivity (Wildman–Crippen MR) is 54.8 cm³/mol. The van der Waals surface area contributed by atoms with Crippen molar-refractivity contribution < 1.29 is 5.11 Å². The van der Waals surface area contributed by atoms with Gasteiger partial charge in [-0.05, 0) is 20.8 Å². The highest BCUT2D eigenvalue weighted by Crippen LogP contribution is 2.07. The fourth-order valence-corrected chi connectivity index (χ4v) is 1.54. The van der Waals surface area contributed by atoms with Gasteiger partial charge in [0.15, 0.2) is 0 Å². The van der Waals surface area contributed by atoms with Crippen LogP contribution in [0.1, 0.15) is 24.5 Å². The van der Waals surface area contributed by atoms with Crippen LogP contribution >= 0.6 is 11.3 Å². The Balaban J connectivity index is 2.35. The fourth-order valence-electron chi connectivity index (χ4n) is 0.926. The van der Waals surface area contributed by atoms with Crippen LogP contribution in [0.5, 0.6) is 0 Å². The normalized spacial score (nSPS) is 15.7. The molecule has 0 radical (unpaired) electrons. The maximum atomic E-state index is 9.22. The monoisotopic (exact) mass is 200 g/mol. The van der Waals surface area contributed by atoms with Crippen molar-refractivity contribution in [2.45, 2.75) is 39.5 Å². The van der Waals surface area contributed by atoms with Crippen molar-refractivity contribution in [2.24, 2.45) is 0 Å². The molecule has 2 N–H and O–H groups in total. The molecule has 0 aromatic carbocycles. The Labute approximate surface area is 82.8 Å². The molecule has 0 aliphatic heterocycles. The first kappa shape index (κ1) is 10.6. The van der Waals surface area contributed by atoms with Crippen LogP contribution in [0.4, 0.5) is 0 Å². The minimum Gasteiger partial charge on any atom is -0.392 e. The Morgan fingerprint density at radius 2 is 2.31 bits per heavy atom. The molecule has 2 unspecified atom stereocenters. The van der Waals surface area contributed by atoms with Crippen molar-refractivity contribution in [3.8, 4) is 0 Å². The Kier molecular flexibility index (Phi) is 3.84. The van der Waals surface area contributed by atoms with E-state index >= 15 is 0 Å². The van der Waals surface area contributed by atoms with Crippen LogP contribution in [-0.4, -0.2) is 22.2 Å². The van der Waals surface area contributed by atoms with E-state index in [0.717, 1.165) is 17.2 Å². The summed E-state index contributed by atoms with van der Waals surface area (Å²) in [5.41, 5.74) is 1.05. The van der Waals surface area contributed by atoms with E-state index in [-0.39, 0.29) is 12.1 Å². The van der Waals surface area contributed by atoms with Gasteiger partial charge < -0.3 is 10.4 Å². The van der Waals surface area contributed by atoms with Crippen molar-refractivity contribution in [2.75, 3.05) is 0 Å². The first-order valence-electron chi connectivity index (χ1n) is 4.42. The molecule has 3 nitrogen and oxygen atoms in total. The van der Waals surface area contributed by atoms with Gasteiger partial charge in [-0.15, -0.1) is 11.3 Å². The number of aliphatic hydroxyl groups excluding tert-OH is 1. The average Bonchev–Trinajstić information content (AvgIpc) is 2.47. The topological polar surface area (TPSA) is 45.2 Å². The Bertz CT molecular complexity index is 260. The van der Waals surface area contributed by atoms with Crippen molar-refractivity contribution in [3.05, 3.63) is 16.1 Å². The smallest absolute Gasteiger partial charge is 0.0897 e. The van der Waals surface area contributed by atoms with Crippen molar-refractivity contribution in [1.29, 1.82) is 0 Å². The lowest BCUT2D eigenvalue weighted by atomic mass is 10.2. The Morgan fingerprint density at radius 1 is 1.62 bits per heavy atom. The summed E-state index contributed by atoms with van der Waals surface area (Å²) in [4.78, 5) is 4.32. The fraction of sp³-hybridized carbons (Fsp3) is 0.667. The number of aromatic nitrogens is 1. The summed E-state index contributed by atoms with van der Waals surface area (Å²) in [5, 5.41) is 15.6. The van der Waals surface area contributed by atoms with E-state index in [1.807, 2.05) is 19.2 Å². The van der Waals surface area contributed by atoms with Gasteiger partial charge in [-0.1, -0.05) is 0 Å². The summed E-state index contributed by atoms with van der Waals surface area (Å²) in [5.74, 6) is 0. The van der Waals surface area contributed by atoms with E-state index in [9.17, 15) is 5.11 Å². The zero-order chi connectivity index (χ0) is 9.84. The van der Waals surface area contributed by atoms with E-state index in [1.165, 1.54) is 0 Å². The lowest BCUT2D eigenvalue weighted by Crippen LogP contribution is -2.34. The van der Waals surface area contributed by atoms with Gasteiger partial charge in [0.2, 0.25) is 0 Å². The quantitative estimate of drug-likeness (QED) is 0.770. The molecule has 2 atom stereocenters. The van der Waals surface area contributed by atoms with Gasteiger partial charge in [-0.25, -0.2) is 4.98 Å². The molecule has 0 amide bonds. The van der Waals surface area contributed by atoms with Gasteiger partial charge in [0, 0.05) is 18.0 Å². The summed E-state index contributed by atoms with van der Waals surface area (Å²) in [6, 6.07) is 0.113. The third-order valence-corrected chi connectivity index (χ3v) is 2.82. The zero-order valence-electron chi connectivity index (χ0n) is 8.24. The van der Waals surface area contributed by atoms with Crippen LogP contribution in [0.15, 0.2) is 5.38 Å². The largest absolute Gasteiger partial charge is 0.392 e. The second-order valence-electron chi connectivity index (χ2n) is 3.27. The average molecular weight is 200 g/mol. The minimum atomic E-state index is -0.320. The standard InChI is InChI=1S/C9H16N2OS/c1-6(7(2)12)10-4-9-5-13-8(3)11-9/h5-7,10,12H,4H2,1-3H3. The first-order valence-corrected chi connectivity index (χ1v) is 5.30. The predicted octanol–water partition coefficient (Wildman–Crippen LogP) is 1.31. The molecule has 4 heteroatoms. The molecular formula is C9H16N2OS. The highest BCUT2D eigenvalue weighted by molar-refractivity contribution is 7.09. The molecular weight excluding hydrogens is 184 g/mol. The van der Waals surface area contributed by atoms with Gasteiger partial charge in [-0.2, -0.15) is 0 Å². The lowest BCUT2D eigenvalue weighted by Gasteiger charge is -2.15. The molecule has 0 aliphatic rings. The van der Waals surface area contributed by atoms with E-state index < -0.39 is 0 Å². The zero-order valence-corrected chi connectivity index (χ0v) is 9.06. The van der Waals surface area contributed by atoms with Gasteiger partial charge >= 0.3 is 0 Å². The second kappa shape index (κ2) is 4.69. The van der Waals surface area contributed by atoms with Crippen molar-refractivity contribution >= 4 is 11.3 Å². The number of nitrogens with zero attached hydrogens (tertiary/aromatic N) is 1. The van der Waals surface area contributed by atoms with Crippen LogP contribution in [0, 0.1) is 6.92 Å². The molecule has 13 heavy (non-hydrogen) atoms. The molecule has 0 saturated heterocycles. The van der Waals surface area contributed by atoms with Crippen LogP contribution in [-0.2, 0) is 6.54 Å². The number of aryl methyl sites for hydroxylation is 1. The summed E-state index contributed by atoms with van der Waals surface area (Å²) in [6.07, 6.45) is -0.320. The van der Waals surface area contributed by atoms with Gasteiger partial charge in [0.25, 0.3) is 0 Å². The van der Waals surface area contributed by atoms with Gasteiger partial charge in [0.05, 0.1) is 16.8 Å². The van der Waals surface area contributed by atoms with Crippen molar-refractivity contribution in [3.63, 3.8) is 0 Å². The van der Waals surface area contributed by atoms with E-state index in [1.54, 1.807) is 18.3 Å². The third kappa shape index (κ3) is 3.42. The lowest BCUT2D eigenvalue weighted by molar-refractivity contribution is 0.152. The summed E-state index contributed by atoms with van der Waals surface area (Å²) in [7, 11) is 0. The minimum absolute atomic E-state index is 0.113. The van der Waals surface area contributed by atoms with Crippen LogP contribution < -0.4 is 5.32 Å². The second-order valence-corrected chi connectivity index (χ2v) is 4.33. The maximum Gasteiger partial charge on any atom is 0.0897 e. The van der Waals surface area contributed by atoms with Crippen molar-refractivity contribution in [1.82, 2.24) is 10.3 Å². The van der Waals surface area contributed by atoms with Crippen LogP contribution in [0.25, 0.3) is 0 Å². The molecule has 74 valence electrons. The highest BCUT2D eigenvalue weighted by Gasteiger charge is 2.07. The number of hydrogen-bond acceptors (Lipinski definition) is 4. The summed E-state index contributed by atoms with van der Waals surface area (Å²) < 4.78 is 0. The molecule has 1 aromatic heterocycles. The van der Waals surface area contributed by atoms with Crippen LogP contribution in [0.3, 0.4) is 0 Å². The molecule has 1 aromatic rings. The molecule has 0 bridgehead atoms. The molecule has 0 fully saturated rings. The van der Waals surface area contributed by atoms with E-state index in [4.69, 9.17) is 0 Å². The SMILES string of the molecule is Cc1nc(CNC(C)C(C)O)cs1. The van der Waals surface area contributed by atoms with Gasteiger partial charge in [-0.3, -0.25) is 0 Å². The molecule has 0 aliphatic carbocycles. The molecule has 0 spiro atoms. The van der Waals surface area contributed by atoms with Gasteiger partial charge in [0.1, 0.15) is 0 Å². The Morgan fingerprint density at radius 3 is 2.77 bits per heavy atom. The highest BCUT2D eigenvalue weighted by atomic mass is 32.1. The number of aliphatic hydroxyl groups is 1. The van der Waals surface area contributed by atoms with E-state index in [2.05, 4.69) is 10.3 Å².